The number of hydrogen-bond acceptors (Lipinski definition) is 4. The highest BCUT2D eigenvalue weighted by Crippen LogP contribution is 1.90. The van der Waals surface area contributed by atoms with Gasteiger partial charge in [0.05, 0.1) is 6.61 Å². The molecule has 100 valence electrons. The Bertz CT molecular complexity index is 131. The minimum atomic E-state index is 0.781. The summed E-state index contributed by atoms with van der Waals surface area (Å²) in [6, 6.07) is 0. The number of hydrazine groups is 1. The Kier molecular flexibility index (Phi) is 14.7. The number of rotatable bonds is 7. The van der Waals surface area contributed by atoms with Crippen LogP contribution in [0.3, 0.4) is 0 Å². The molecule has 0 fully saturated rings. The molecule has 0 saturated carbocycles. The van der Waals surface area contributed by atoms with Crippen LogP contribution in [0.25, 0.3) is 0 Å². The predicted octanol–water partition coefficient (Wildman–Crippen LogP) is 1.39. The first-order chi connectivity index (χ1) is 7.49. The van der Waals surface area contributed by atoms with Crippen molar-refractivity contribution >= 4 is 0 Å². The van der Waals surface area contributed by atoms with Crippen LogP contribution in [-0.2, 0) is 4.74 Å². The van der Waals surface area contributed by atoms with Gasteiger partial charge in [0.15, 0.2) is 0 Å². The predicted molar refractivity (Wildman–Crippen MR) is 71.7 cm³/mol. The first-order valence-electron chi connectivity index (χ1n) is 6.05. The van der Waals surface area contributed by atoms with Crippen molar-refractivity contribution < 1.29 is 4.74 Å². The van der Waals surface area contributed by atoms with Crippen molar-refractivity contribution in [1.29, 1.82) is 0 Å². The van der Waals surface area contributed by atoms with Crippen molar-refractivity contribution in [2.75, 3.05) is 61.5 Å². The minimum Gasteiger partial charge on any atom is -0.383 e. The van der Waals surface area contributed by atoms with E-state index in [-0.39, 0.29) is 0 Å². The molecule has 0 N–H and O–H groups in total. The van der Waals surface area contributed by atoms with Crippen molar-refractivity contribution in [2.45, 2.75) is 20.3 Å². The summed E-state index contributed by atoms with van der Waals surface area (Å²) in [5, 5.41) is 4.38. The molecule has 0 spiro atoms. The van der Waals surface area contributed by atoms with E-state index in [0.717, 1.165) is 26.2 Å². The average Bonchev–Trinajstić information content (AvgIpc) is 2.23. The quantitative estimate of drug-likeness (QED) is 0.619. The van der Waals surface area contributed by atoms with E-state index in [9.17, 15) is 0 Å². The summed E-state index contributed by atoms with van der Waals surface area (Å²) in [5.41, 5.74) is 0. The summed E-state index contributed by atoms with van der Waals surface area (Å²) in [4.78, 5) is 2.18. The number of likely N-dealkylation sites (N-methyl/N-ethyl adjacent to an activating group) is 3. The van der Waals surface area contributed by atoms with Gasteiger partial charge in [0, 0.05) is 40.8 Å². The maximum Gasteiger partial charge on any atom is 0.0603 e. The Morgan fingerprint density at radius 3 is 1.62 bits per heavy atom. The molecule has 0 aromatic rings. The summed E-state index contributed by atoms with van der Waals surface area (Å²) in [5.74, 6) is 0. The van der Waals surface area contributed by atoms with Crippen LogP contribution in [0.4, 0.5) is 0 Å². The smallest absolute Gasteiger partial charge is 0.0603 e. The van der Waals surface area contributed by atoms with Gasteiger partial charge in [0.25, 0.3) is 0 Å². The van der Waals surface area contributed by atoms with Crippen LogP contribution in [0.1, 0.15) is 20.3 Å². The number of methoxy groups -OCH3 is 1. The molecule has 0 atom stereocenters. The summed E-state index contributed by atoms with van der Waals surface area (Å²) in [6.07, 6.45) is 1.25. The molecule has 4 nitrogen and oxygen atoms in total. The number of nitrogens with zero attached hydrogens (tertiary/aromatic N) is 3. The van der Waals surface area contributed by atoms with Crippen LogP contribution in [0.2, 0.25) is 0 Å². The highest BCUT2D eigenvalue weighted by molar-refractivity contribution is 4.51. The number of ether oxygens (including phenoxy) is 1. The lowest BCUT2D eigenvalue weighted by Crippen LogP contribution is -2.42. The van der Waals surface area contributed by atoms with Crippen LogP contribution in [-0.4, -0.2) is 76.5 Å². The molecule has 0 rings (SSSR count). The third kappa shape index (κ3) is 13.8. The Morgan fingerprint density at radius 2 is 1.25 bits per heavy atom. The molecule has 0 aromatic heterocycles. The van der Waals surface area contributed by atoms with Crippen molar-refractivity contribution in [3.8, 4) is 0 Å². The van der Waals surface area contributed by atoms with Crippen molar-refractivity contribution in [3.05, 3.63) is 0 Å². The molecule has 0 aliphatic heterocycles. The van der Waals surface area contributed by atoms with E-state index < -0.39 is 0 Å². The fraction of sp³-hybridized carbons (Fsp3) is 1.00. The Labute approximate surface area is 102 Å². The normalized spacial score (nSPS) is 10.9. The van der Waals surface area contributed by atoms with E-state index in [1.807, 2.05) is 0 Å². The minimum absolute atomic E-state index is 0.781. The van der Waals surface area contributed by atoms with E-state index >= 15 is 0 Å². The topological polar surface area (TPSA) is 19.0 Å². The first-order valence-corrected chi connectivity index (χ1v) is 6.05. The fourth-order valence-electron chi connectivity index (χ4n) is 0.910. The lowest BCUT2D eigenvalue weighted by atomic mass is 10.5. The van der Waals surface area contributed by atoms with Crippen LogP contribution in [0.15, 0.2) is 0 Å². The molecule has 0 saturated heterocycles. The molecule has 0 radical (unpaired) electrons. The molecule has 16 heavy (non-hydrogen) atoms. The molecule has 0 heterocycles. The molecule has 0 aliphatic rings. The van der Waals surface area contributed by atoms with Crippen LogP contribution < -0.4 is 0 Å². The largest absolute Gasteiger partial charge is 0.383 e. The standard InChI is InChI=1S/C9H23N3O.C3H8/c1-10(2)6-7-11(3)12(4)8-9-13-5;1-3-2/h6-9H2,1-5H3;3H2,1-2H3. The SMILES string of the molecule is CCC.COCCN(C)N(C)CCN(C)C. The van der Waals surface area contributed by atoms with E-state index in [1.165, 1.54) is 6.42 Å². The van der Waals surface area contributed by atoms with Crippen molar-refractivity contribution in [3.63, 3.8) is 0 Å². The molecular formula is C12H31N3O. The zero-order chi connectivity index (χ0) is 13.0. The van der Waals surface area contributed by atoms with Gasteiger partial charge in [0.1, 0.15) is 0 Å². The van der Waals surface area contributed by atoms with Crippen molar-refractivity contribution in [1.82, 2.24) is 14.9 Å². The van der Waals surface area contributed by atoms with Gasteiger partial charge in [-0.2, -0.15) is 0 Å². The first kappa shape index (κ1) is 18.2. The second-order valence-corrected chi connectivity index (χ2v) is 4.27. The Morgan fingerprint density at radius 1 is 0.812 bits per heavy atom. The maximum atomic E-state index is 5.01. The van der Waals surface area contributed by atoms with Gasteiger partial charge in [-0.3, -0.25) is 0 Å². The van der Waals surface area contributed by atoms with E-state index in [0.29, 0.717) is 0 Å². The maximum absolute atomic E-state index is 5.01. The molecule has 0 aliphatic carbocycles. The second kappa shape index (κ2) is 12.9. The van der Waals surface area contributed by atoms with Gasteiger partial charge in [-0.25, -0.2) is 10.0 Å². The van der Waals surface area contributed by atoms with E-state index in [2.05, 4.69) is 57.0 Å². The van der Waals surface area contributed by atoms with E-state index in [4.69, 9.17) is 4.74 Å². The van der Waals surface area contributed by atoms with Gasteiger partial charge in [-0.05, 0) is 14.1 Å². The summed E-state index contributed by atoms with van der Waals surface area (Å²) in [7, 11) is 10.1. The lowest BCUT2D eigenvalue weighted by molar-refractivity contribution is 0.00250. The molecule has 4 heteroatoms. The third-order valence-corrected chi connectivity index (χ3v) is 2.07. The fourth-order valence-corrected chi connectivity index (χ4v) is 0.910. The number of hydrogen-bond donors (Lipinski definition) is 0. The van der Waals surface area contributed by atoms with Gasteiger partial charge >= 0.3 is 0 Å². The summed E-state index contributed by atoms with van der Waals surface area (Å²) < 4.78 is 5.01. The highest BCUT2D eigenvalue weighted by atomic mass is 16.5. The Hall–Kier alpha value is -0.160. The van der Waals surface area contributed by atoms with Crippen LogP contribution in [0.5, 0.6) is 0 Å². The monoisotopic (exact) mass is 233 g/mol. The molecule has 0 unspecified atom stereocenters. The molecule has 0 aromatic carbocycles. The van der Waals surface area contributed by atoms with Crippen LogP contribution in [0, 0.1) is 0 Å². The summed E-state index contributed by atoms with van der Waals surface area (Å²) in [6.45, 7) is 8.10. The molecule has 0 amide bonds. The van der Waals surface area contributed by atoms with Crippen molar-refractivity contribution in [2.24, 2.45) is 0 Å². The highest BCUT2D eigenvalue weighted by Gasteiger charge is 2.04. The Balaban J connectivity index is 0. The zero-order valence-corrected chi connectivity index (χ0v) is 12.3. The second-order valence-electron chi connectivity index (χ2n) is 4.27. The van der Waals surface area contributed by atoms with Crippen LogP contribution >= 0.6 is 0 Å². The van der Waals surface area contributed by atoms with E-state index in [1.54, 1.807) is 7.11 Å². The molecule has 0 bridgehead atoms. The average molecular weight is 233 g/mol. The van der Waals surface area contributed by atoms with Gasteiger partial charge in [-0.15, -0.1) is 0 Å². The molecular weight excluding hydrogens is 202 g/mol. The van der Waals surface area contributed by atoms with Gasteiger partial charge in [0.2, 0.25) is 0 Å². The zero-order valence-electron chi connectivity index (χ0n) is 12.3. The lowest BCUT2D eigenvalue weighted by Gasteiger charge is -2.28. The van der Waals surface area contributed by atoms with Gasteiger partial charge < -0.3 is 9.64 Å². The summed E-state index contributed by atoms with van der Waals surface area (Å²) >= 11 is 0. The third-order valence-electron chi connectivity index (χ3n) is 2.07. The van der Waals surface area contributed by atoms with Gasteiger partial charge in [-0.1, -0.05) is 20.3 Å².